The number of nitrogens with two attached hydrogens (primary N) is 1. The summed E-state index contributed by atoms with van der Waals surface area (Å²) in [5, 5.41) is 48.8. The van der Waals surface area contributed by atoms with Gasteiger partial charge >= 0.3 is 6.09 Å². The number of fused-ring (bicyclic) bond motifs is 3. The van der Waals surface area contributed by atoms with Gasteiger partial charge < -0.3 is 46.0 Å². The Kier molecular flexibility index (Phi) is 8.60. The zero-order valence-corrected chi connectivity index (χ0v) is 28.0. The van der Waals surface area contributed by atoms with Gasteiger partial charge in [-0.3, -0.25) is 24.1 Å². The third-order valence-electron chi connectivity index (χ3n) is 10.2. The van der Waals surface area contributed by atoms with Crippen LogP contribution in [0, 0.1) is 17.8 Å². The minimum absolute atomic E-state index is 0.0517. The lowest BCUT2D eigenvalue weighted by Gasteiger charge is -2.50. The summed E-state index contributed by atoms with van der Waals surface area (Å²) < 4.78 is 5.32. The quantitative estimate of drug-likeness (QED) is 0.179. The first kappa shape index (κ1) is 34.5. The minimum Gasteiger partial charge on any atom is -0.508 e. The second-order valence-corrected chi connectivity index (χ2v) is 13.6. The molecule has 1 saturated carbocycles. The van der Waals surface area contributed by atoms with E-state index in [4.69, 9.17) is 10.5 Å². The largest absolute Gasteiger partial charge is 0.508 e. The van der Waals surface area contributed by atoms with Crippen molar-refractivity contribution < 1.29 is 49.1 Å². The van der Waals surface area contributed by atoms with E-state index in [0.29, 0.717) is 11.3 Å². The van der Waals surface area contributed by atoms with E-state index in [9.17, 15) is 44.4 Å². The maximum Gasteiger partial charge on any atom is 0.410 e. The van der Waals surface area contributed by atoms with Crippen LogP contribution in [0.3, 0.4) is 0 Å². The van der Waals surface area contributed by atoms with Crippen molar-refractivity contribution in [3.05, 3.63) is 70.0 Å². The second kappa shape index (κ2) is 12.5. The molecular weight excluding hydrogens is 650 g/mol. The molecule has 15 nitrogen and oxygen atoms in total. The van der Waals surface area contributed by atoms with Crippen LogP contribution in [-0.4, -0.2) is 113 Å². The number of carbonyl (C=O) groups is 5. The molecule has 4 aliphatic rings. The number of hydrogen-bond donors (Lipinski definition) is 6. The highest BCUT2D eigenvalue weighted by molar-refractivity contribution is 6.24. The van der Waals surface area contributed by atoms with Gasteiger partial charge in [-0.25, -0.2) is 4.79 Å². The first-order chi connectivity index (χ1) is 23.6. The molecule has 2 aromatic carbocycles. The number of rotatable bonds is 7. The molecule has 15 heteroatoms. The number of Topliss-reactive ketones (excluding diaryl/α,β-unsaturated/α-hetero) is 2. The topological polar surface area (TPSA) is 223 Å². The summed E-state index contributed by atoms with van der Waals surface area (Å²) in [6.07, 6.45) is -0.532. The Bertz CT molecular complexity index is 1880. The highest BCUT2D eigenvalue weighted by Gasteiger charge is 2.64. The van der Waals surface area contributed by atoms with Crippen molar-refractivity contribution >= 4 is 46.6 Å². The molecule has 2 aromatic rings. The van der Waals surface area contributed by atoms with Gasteiger partial charge in [0.25, 0.3) is 5.91 Å². The summed E-state index contributed by atoms with van der Waals surface area (Å²) in [6.45, 7) is 0.246. The zero-order chi connectivity index (χ0) is 36.4. The van der Waals surface area contributed by atoms with Gasteiger partial charge in [-0.1, -0.05) is 30.3 Å². The number of phenolic OH excluding ortho intramolecular Hbond substituents is 1. The van der Waals surface area contributed by atoms with Crippen molar-refractivity contribution in [2.24, 2.45) is 23.5 Å². The molecule has 1 aliphatic heterocycles. The van der Waals surface area contributed by atoms with E-state index in [-0.39, 0.29) is 49.4 Å². The fourth-order valence-electron chi connectivity index (χ4n) is 7.63. The maximum atomic E-state index is 14.2. The van der Waals surface area contributed by atoms with Crippen LogP contribution in [0.1, 0.15) is 23.1 Å². The summed E-state index contributed by atoms with van der Waals surface area (Å²) >= 11 is 0. The third kappa shape index (κ3) is 5.33. The van der Waals surface area contributed by atoms with Gasteiger partial charge in [0.05, 0.1) is 23.2 Å². The molecule has 1 heterocycles. The molecule has 6 rings (SSSR count). The molecule has 2 fully saturated rings. The van der Waals surface area contributed by atoms with Gasteiger partial charge in [0.2, 0.25) is 11.7 Å². The van der Waals surface area contributed by atoms with E-state index in [1.165, 1.54) is 30.0 Å². The van der Waals surface area contributed by atoms with Crippen LogP contribution in [0.25, 0.3) is 5.76 Å². The molecule has 264 valence electrons. The Hall–Kier alpha value is -5.41. The first-order valence-electron chi connectivity index (χ1n) is 16.0. The Labute approximate surface area is 287 Å². The fraction of sp³-hybridized carbons (Fsp3) is 0.400. The zero-order valence-electron chi connectivity index (χ0n) is 28.0. The third-order valence-corrected chi connectivity index (χ3v) is 10.2. The number of ketones is 2. The van der Waals surface area contributed by atoms with Gasteiger partial charge in [0, 0.05) is 44.4 Å². The van der Waals surface area contributed by atoms with Crippen LogP contribution in [0.2, 0.25) is 0 Å². The van der Waals surface area contributed by atoms with E-state index in [0.717, 1.165) is 5.56 Å². The summed E-state index contributed by atoms with van der Waals surface area (Å²) in [7, 11) is 6.51. The van der Waals surface area contributed by atoms with Gasteiger partial charge in [0.15, 0.2) is 11.4 Å². The average Bonchev–Trinajstić information content (AvgIpc) is 3.02. The predicted octanol–water partition coefficient (Wildman–Crippen LogP) is 1.24. The lowest BCUT2D eigenvalue weighted by atomic mass is 9.57. The predicted molar refractivity (Wildman–Crippen MR) is 179 cm³/mol. The Morgan fingerprint density at radius 1 is 1.06 bits per heavy atom. The van der Waals surface area contributed by atoms with Crippen LogP contribution in [-0.2, 0) is 36.9 Å². The number of primary amides is 1. The lowest BCUT2D eigenvalue weighted by molar-refractivity contribution is -0.153. The summed E-state index contributed by atoms with van der Waals surface area (Å²) in [6, 6.07) is 9.49. The Balaban J connectivity index is 1.30. The number of hydrogen-bond acceptors (Lipinski definition) is 12. The number of nitrogens with zero attached hydrogens (tertiary/aromatic N) is 3. The van der Waals surface area contributed by atoms with Crippen LogP contribution >= 0.6 is 0 Å². The number of benzene rings is 2. The SMILES string of the molecule is CN(C)c1cc(NC(=O)C2CN(C(=O)OCc3ccccc3)C2)c(O)c2c1C[C@H]1C[C@H]3[C@H](N(C)C)C(=O)C(C(N)=O)=C(O)[C@@]3(O)C(=O)C1=C2O. The van der Waals surface area contributed by atoms with Crippen molar-refractivity contribution in [3.8, 4) is 5.75 Å². The first-order valence-corrected chi connectivity index (χ1v) is 16.0. The smallest absolute Gasteiger partial charge is 0.410 e. The van der Waals surface area contributed by atoms with Crippen molar-refractivity contribution in [3.63, 3.8) is 0 Å². The van der Waals surface area contributed by atoms with E-state index >= 15 is 0 Å². The number of carbonyl (C=O) groups excluding carboxylic acids is 5. The van der Waals surface area contributed by atoms with E-state index in [1.54, 1.807) is 19.0 Å². The van der Waals surface area contributed by atoms with Crippen molar-refractivity contribution in [2.75, 3.05) is 51.5 Å². The normalized spacial score (nSPS) is 24.7. The number of anilines is 2. The molecule has 0 unspecified atom stereocenters. The molecule has 3 amide bonds. The number of aromatic hydroxyl groups is 1. The van der Waals surface area contributed by atoms with Crippen LogP contribution in [0.15, 0.2) is 53.3 Å². The molecule has 1 saturated heterocycles. The molecule has 7 N–H and O–H groups in total. The van der Waals surface area contributed by atoms with Crippen molar-refractivity contribution in [2.45, 2.75) is 31.1 Å². The monoisotopic (exact) mass is 689 g/mol. The number of phenols is 1. The number of aliphatic hydroxyl groups excluding tert-OH is 2. The van der Waals surface area contributed by atoms with Gasteiger partial charge in [0.1, 0.15) is 29.4 Å². The number of likely N-dealkylation sites (N-methyl/N-ethyl adjacent to an activating group) is 1. The molecular formula is C35H39N5O10. The fourth-order valence-corrected chi connectivity index (χ4v) is 7.63. The number of ether oxygens (including phenoxy) is 1. The molecule has 0 spiro atoms. The van der Waals surface area contributed by atoms with Crippen LogP contribution in [0.4, 0.5) is 16.2 Å². The van der Waals surface area contributed by atoms with Gasteiger partial charge in [-0.15, -0.1) is 0 Å². The Morgan fingerprint density at radius 3 is 2.32 bits per heavy atom. The van der Waals surface area contributed by atoms with Gasteiger partial charge in [-0.2, -0.15) is 0 Å². The average molecular weight is 690 g/mol. The maximum absolute atomic E-state index is 14.2. The lowest BCUT2D eigenvalue weighted by Crippen LogP contribution is -2.65. The van der Waals surface area contributed by atoms with E-state index in [2.05, 4.69) is 5.32 Å². The van der Waals surface area contributed by atoms with E-state index in [1.807, 2.05) is 30.3 Å². The molecule has 0 bridgehead atoms. The summed E-state index contributed by atoms with van der Waals surface area (Å²) in [5.74, 6) is -8.74. The molecule has 3 aliphatic carbocycles. The second-order valence-electron chi connectivity index (χ2n) is 13.6. The Morgan fingerprint density at radius 2 is 1.72 bits per heavy atom. The van der Waals surface area contributed by atoms with Crippen LogP contribution < -0.4 is 16.0 Å². The van der Waals surface area contributed by atoms with Crippen LogP contribution in [0.5, 0.6) is 5.75 Å². The highest BCUT2D eigenvalue weighted by Crippen LogP contribution is 2.54. The standard InChI is InChI=1S/C35H39N5O10/c1-38(2)22-12-21(37-33(47)18-13-40(14-18)34(48)50-15-16-8-6-5-7-9-16)27(41)24-19(22)10-17-11-20-26(39(3)4)29(43)25(32(36)46)31(45)35(20,49)30(44)23(17)28(24)42/h5-9,12,17-18,20,26,41-42,45,49H,10-11,13-15H2,1-4H3,(H2,36,46)(H,37,47)/t17-,20-,26-,35-/m0/s1. The number of aliphatic hydroxyl groups is 3. The summed E-state index contributed by atoms with van der Waals surface area (Å²) in [5.41, 5.74) is 2.99. The van der Waals surface area contributed by atoms with E-state index < -0.39 is 81.7 Å². The van der Waals surface area contributed by atoms with Crippen molar-refractivity contribution in [1.29, 1.82) is 0 Å². The highest BCUT2D eigenvalue weighted by atomic mass is 16.6. The number of likely N-dealkylation sites (tertiary alicyclic amines) is 1. The van der Waals surface area contributed by atoms with Crippen molar-refractivity contribution in [1.82, 2.24) is 9.80 Å². The molecule has 4 atom stereocenters. The molecule has 0 aromatic heterocycles. The molecule has 0 radical (unpaired) electrons. The summed E-state index contributed by atoms with van der Waals surface area (Å²) in [4.78, 5) is 70.0. The number of nitrogens with one attached hydrogen (secondary N) is 1. The molecule has 50 heavy (non-hydrogen) atoms. The minimum atomic E-state index is -2.77. The van der Waals surface area contributed by atoms with Gasteiger partial charge in [-0.05, 0) is 50.0 Å². The number of amides is 3.